The second kappa shape index (κ2) is 7.21. The monoisotopic (exact) mass is 362 g/mol. The molecular weight excluding hydrogens is 339 g/mol. The summed E-state index contributed by atoms with van der Waals surface area (Å²) in [7, 11) is 1.63. The molecule has 2 heterocycles. The largest absolute Gasteiger partial charge is 0.336 e. The molecule has 9 heteroatoms. The van der Waals surface area contributed by atoms with E-state index in [1.54, 1.807) is 14.8 Å². The van der Waals surface area contributed by atoms with Crippen molar-refractivity contribution < 1.29 is 28.8 Å². The molecule has 0 N–H and O–H groups in total. The summed E-state index contributed by atoms with van der Waals surface area (Å²) >= 11 is 0. The van der Waals surface area contributed by atoms with Crippen molar-refractivity contribution in [3.05, 3.63) is 0 Å². The number of hydrogen-bond donors (Lipinski definition) is 0. The number of hydroxylamine groups is 2. The fourth-order valence-electron chi connectivity index (χ4n) is 3.89. The molecule has 1 saturated carbocycles. The molecule has 8 nitrogen and oxygen atoms in total. The van der Waals surface area contributed by atoms with Gasteiger partial charge in [0, 0.05) is 31.1 Å². The first-order chi connectivity index (χ1) is 12.3. The molecule has 3 fully saturated rings. The van der Waals surface area contributed by atoms with E-state index >= 15 is 0 Å². The molecule has 0 spiro atoms. The molecule has 3 rings (SSSR count). The predicted molar refractivity (Wildman–Crippen MR) is 90.8 cm³/mol. The third kappa shape index (κ3) is 3.52. The Hall–Kier alpha value is -2.19. The molecule has 4 amide bonds. The van der Waals surface area contributed by atoms with Gasteiger partial charge in [-0.15, -0.1) is 5.06 Å². The average molecular weight is 362 g/mol. The van der Waals surface area contributed by atoms with Crippen LogP contribution in [0.2, 0.25) is 5.82 Å². The smallest absolute Gasteiger partial charge is 0.330 e. The van der Waals surface area contributed by atoms with Gasteiger partial charge in [0.15, 0.2) is 0 Å². The van der Waals surface area contributed by atoms with E-state index in [2.05, 4.69) is 0 Å². The highest BCUT2D eigenvalue weighted by Crippen LogP contribution is 2.32. The van der Waals surface area contributed by atoms with Crippen molar-refractivity contribution in [3.63, 3.8) is 0 Å². The van der Waals surface area contributed by atoms with Crippen molar-refractivity contribution in [2.24, 2.45) is 17.8 Å². The lowest BCUT2D eigenvalue weighted by atomic mass is 9.82. The van der Waals surface area contributed by atoms with Crippen LogP contribution in [0.1, 0.15) is 45.4 Å². The maximum atomic E-state index is 12.3. The quantitative estimate of drug-likeness (QED) is 0.508. The first-order valence-corrected chi connectivity index (χ1v) is 9.20. The zero-order chi connectivity index (χ0) is 19.0. The molecule has 1 aliphatic carbocycles. The number of imide groups is 2. The Morgan fingerprint density at radius 3 is 2.19 bits per heavy atom. The van der Waals surface area contributed by atoms with E-state index in [1.165, 1.54) is 4.90 Å². The van der Waals surface area contributed by atoms with E-state index in [0.29, 0.717) is 37.3 Å². The van der Waals surface area contributed by atoms with Gasteiger partial charge in [-0.2, -0.15) is 0 Å². The van der Waals surface area contributed by atoms with Gasteiger partial charge in [0.25, 0.3) is 11.8 Å². The van der Waals surface area contributed by atoms with Crippen LogP contribution in [0.4, 0.5) is 0 Å². The van der Waals surface area contributed by atoms with Crippen LogP contribution in [0.25, 0.3) is 0 Å². The number of rotatable bonds is 4. The van der Waals surface area contributed by atoms with Crippen molar-refractivity contribution in [2.75, 3.05) is 6.54 Å². The normalized spacial score (nSPS) is 32.5. The highest BCUT2D eigenvalue weighted by atomic mass is 16.7. The van der Waals surface area contributed by atoms with Crippen LogP contribution in [0.5, 0.6) is 0 Å². The van der Waals surface area contributed by atoms with E-state index in [-0.39, 0.29) is 42.4 Å². The summed E-state index contributed by atoms with van der Waals surface area (Å²) in [4.78, 5) is 66.1. The first-order valence-electron chi connectivity index (χ1n) is 9.20. The van der Waals surface area contributed by atoms with E-state index < -0.39 is 23.6 Å². The van der Waals surface area contributed by atoms with Gasteiger partial charge in [-0.05, 0) is 31.6 Å². The molecule has 140 valence electrons. The number of hydrogen-bond acceptors (Lipinski definition) is 6. The van der Waals surface area contributed by atoms with E-state index in [4.69, 9.17) is 4.84 Å². The molecular formula is C17H23BN2O6. The second-order valence-corrected chi connectivity index (χ2v) is 7.71. The number of nitrogens with zero attached hydrogens (tertiary/aromatic N) is 2. The minimum absolute atomic E-state index is 0.0647. The van der Waals surface area contributed by atoms with Crippen molar-refractivity contribution >= 4 is 37.4 Å². The molecule has 0 aromatic rings. The standard InChI is InChI=1S/C17H23BN2O6/c1-9-6-13(21)19(15(9)23)8-10-2-4-11(5-3-10)17(25)26-20-14(22)7-12(18)16(20)24/h9-12H,2-8,18H2,1H3. The van der Waals surface area contributed by atoms with Crippen molar-refractivity contribution in [1.82, 2.24) is 9.96 Å². The zero-order valence-corrected chi connectivity index (χ0v) is 15.1. The Morgan fingerprint density at radius 1 is 1.04 bits per heavy atom. The Bertz CT molecular complexity index is 658. The summed E-state index contributed by atoms with van der Waals surface area (Å²) in [5.41, 5.74) is 0. The molecule has 0 aromatic carbocycles. The lowest BCUT2D eigenvalue weighted by Gasteiger charge is -2.30. The summed E-state index contributed by atoms with van der Waals surface area (Å²) in [6.07, 6.45) is 2.85. The zero-order valence-electron chi connectivity index (χ0n) is 15.1. The van der Waals surface area contributed by atoms with Crippen LogP contribution in [0, 0.1) is 17.8 Å². The van der Waals surface area contributed by atoms with Crippen molar-refractivity contribution in [1.29, 1.82) is 0 Å². The SMILES string of the molecule is BC1CC(=O)N(OC(=O)C2CCC(CN3C(=O)CC(C)C3=O)CC2)C1=O. The maximum Gasteiger partial charge on any atom is 0.336 e. The van der Waals surface area contributed by atoms with Crippen LogP contribution in [0.3, 0.4) is 0 Å². The molecule has 0 radical (unpaired) electrons. The molecule has 3 aliphatic rings. The van der Waals surface area contributed by atoms with E-state index in [1.807, 2.05) is 0 Å². The molecule has 2 atom stereocenters. The Morgan fingerprint density at radius 2 is 1.69 bits per heavy atom. The topological polar surface area (TPSA) is 101 Å². The van der Waals surface area contributed by atoms with Crippen LogP contribution >= 0.6 is 0 Å². The van der Waals surface area contributed by atoms with Gasteiger partial charge in [0.05, 0.1) is 5.92 Å². The van der Waals surface area contributed by atoms with Gasteiger partial charge in [-0.25, -0.2) is 4.79 Å². The number of carbonyl (C=O) groups is 5. The van der Waals surface area contributed by atoms with Gasteiger partial charge in [0.1, 0.15) is 7.85 Å². The fraction of sp³-hybridized carbons (Fsp3) is 0.706. The van der Waals surface area contributed by atoms with E-state index in [0.717, 1.165) is 0 Å². The molecule has 0 bridgehead atoms. The highest BCUT2D eigenvalue weighted by molar-refractivity contribution is 6.29. The average Bonchev–Trinajstić information content (AvgIpc) is 2.98. The Labute approximate surface area is 152 Å². The molecule has 2 unspecified atom stereocenters. The molecule has 2 saturated heterocycles. The Balaban J connectivity index is 1.48. The Kier molecular flexibility index (Phi) is 5.16. The lowest BCUT2D eigenvalue weighted by molar-refractivity contribution is -0.201. The predicted octanol–water partition coefficient (Wildman–Crippen LogP) is -0.173. The third-order valence-electron chi connectivity index (χ3n) is 5.60. The maximum absolute atomic E-state index is 12.3. The minimum atomic E-state index is -0.554. The summed E-state index contributed by atoms with van der Waals surface area (Å²) < 4.78 is 0. The highest BCUT2D eigenvalue weighted by Gasteiger charge is 2.41. The minimum Gasteiger partial charge on any atom is -0.330 e. The number of carbonyl (C=O) groups excluding carboxylic acids is 5. The van der Waals surface area contributed by atoms with Crippen LogP contribution < -0.4 is 0 Å². The van der Waals surface area contributed by atoms with Crippen LogP contribution in [-0.4, -0.2) is 54.0 Å². The third-order valence-corrected chi connectivity index (χ3v) is 5.60. The second-order valence-electron chi connectivity index (χ2n) is 7.71. The summed E-state index contributed by atoms with van der Waals surface area (Å²) in [6.45, 7) is 2.17. The van der Waals surface area contributed by atoms with Gasteiger partial charge in [0.2, 0.25) is 11.8 Å². The van der Waals surface area contributed by atoms with Gasteiger partial charge < -0.3 is 4.84 Å². The first kappa shape index (κ1) is 18.6. The molecule has 0 aromatic heterocycles. The van der Waals surface area contributed by atoms with Crippen molar-refractivity contribution in [2.45, 2.75) is 51.3 Å². The molecule has 26 heavy (non-hydrogen) atoms. The van der Waals surface area contributed by atoms with E-state index in [9.17, 15) is 24.0 Å². The molecule has 2 aliphatic heterocycles. The van der Waals surface area contributed by atoms with Gasteiger partial charge >= 0.3 is 5.97 Å². The van der Waals surface area contributed by atoms with Gasteiger partial charge in [-0.1, -0.05) is 6.92 Å². The number of likely N-dealkylation sites (tertiary alicyclic amines) is 1. The fourth-order valence-corrected chi connectivity index (χ4v) is 3.89. The lowest BCUT2D eigenvalue weighted by Crippen LogP contribution is -2.38. The summed E-state index contributed by atoms with van der Waals surface area (Å²) in [5.74, 6) is -2.64. The van der Waals surface area contributed by atoms with Gasteiger partial charge in [-0.3, -0.25) is 24.1 Å². The summed E-state index contributed by atoms with van der Waals surface area (Å²) in [5, 5.41) is 0.599. The van der Waals surface area contributed by atoms with Crippen LogP contribution in [0.15, 0.2) is 0 Å². The van der Waals surface area contributed by atoms with Crippen LogP contribution in [-0.2, 0) is 28.8 Å². The summed E-state index contributed by atoms with van der Waals surface area (Å²) in [6, 6.07) is 0. The van der Waals surface area contributed by atoms with Crippen molar-refractivity contribution in [3.8, 4) is 0 Å². The number of amides is 4.